The van der Waals surface area contributed by atoms with E-state index in [4.69, 9.17) is 0 Å². The monoisotopic (exact) mass is 370 g/mol. The zero-order valence-corrected chi connectivity index (χ0v) is 15.0. The molecule has 0 saturated carbocycles. The van der Waals surface area contributed by atoms with Crippen LogP contribution in [0.2, 0.25) is 0 Å². The first-order valence-corrected chi connectivity index (χ1v) is 9.76. The quantitative estimate of drug-likeness (QED) is 0.694. The zero-order valence-electron chi connectivity index (χ0n) is 14.1. The van der Waals surface area contributed by atoms with E-state index in [1.807, 2.05) is 18.2 Å². The van der Waals surface area contributed by atoms with E-state index >= 15 is 0 Å². The Balaban J connectivity index is 1.70. The van der Waals surface area contributed by atoms with Gasteiger partial charge in [-0.1, -0.05) is 19.1 Å². The van der Waals surface area contributed by atoms with Crippen LogP contribution >= 0.6 is 0 Å². The summed E-state index contributed by atoms with van der Waals surface area (Å²) in [5.74, 6) is -0.325. The molecular weight excluding hydrogens is 352 g/mol. The number of carbonyl (C=O) groups excluding carboxylic acids is 1. The van der Waals surface area contributed by atoms with Crippen LogP contribution in [0.4, 0.5) is 11.4 Å². The molecule has 2 aromatic carbocycles. The Morgan fingerprint density at radius 3 is 2.35 bits per heavy atom. The number of carbonyl (C=O) groups is 1. The number of anilines is 2. The van der Waals surface area contributed by atoms with Crippen LogP contribution in [-0.4, -0.2) is 30.0 Å². The molecule has 1 amide bonds. The molecule has 2 N–H and O–H groups in total. The second-order valence-corrected chi connectivity index (χ2v) is 7.54. The number of nitrogens with zero attached hydrogens (tertiary/aromatic N) is 2. The summed E-state index contributed by atoms with van der Waals surface area (Å²) in [6, 6.07) is 13.7. The van der Waals surface area contributed by atoms with Gasteiger partial charge in [0.15, 0.2) is 0 Å². The lowest BCUT2D eigenvalue weighted by Crippen LogP contribution is -2.16. The molecule has 3 rings (SSSR count). The molecule has 134 valence electrons. The predicted octanol–water partition coefficient (Wildman–Crippen LogP) is 3.03. The first kappa shape index (κ1) is 17.8. The van der Waals surface area contributed by atoms with Gasteiger partial charge >= 0.3 is 0 Å². The van der Waals surface area contributed by atoms with Crippen LogP contribution in [0, 0.1) is 0 Å². The Labute approximate surface area is 151 Å². The highest BCUT2D eigenvalue weighted by Gasteiger charge is 2.11. The van der Waals surface area contributed by atoms with Gasteiger partial charge in [-0.3, -0.25) is 14.5 Å². The fourth-order valence-electron chi connectivity index (χ4n) is 2.38. The van der Waals surface area contributed by atoms with Gasteiger partial charge in [-0.15, -0.1) is 0 Å². The normalized spacial score (nSPS) is 11.3. The number of fused-ring (bicyclic) bond motifs is 1. The predicted molar refractivity (Wildman–Crippen MR) is 102 cm³/mol. The number of hydrogen-bond donors (Lipinski definition) is 2. The Hall–Kier alpha value is -3.00. The maximum absolute atomic E-state index is 12.3. The van der Waals surface area contributed by atoms with Crippen molar-refractivity contribution in [1.29, 1.82) is 0 Å². The first-order valence-electron chi connectivity index (χ1n) is 8.10. The molecule has 0 saturated heterocycles. The molecule has 0 bridgehead atoms. The fourth-order valence-corrected chi connectivity index (χ4v) is 3.52. The minimum atomic E-state index is -3.34. The average molecular weight is 370 g/mol. The smallest absolute Gasteiger partial charge is 0.275 e. The highest BCUT2D eigenvalue weighted by atomic mass is 32.2. The maximum atomic E-state index is 12.3. The summed E-state index contributed by atoms with van der Waals surface area (Å²) in [6.07, 6.45) is 1.96. The second-order valence-electron chi connectivity index (χ2n) is 5.70. The van der Waals surface area contributed by atoms with Crippen LogP contribution in [0.15, 0.2) is 54.7 Å². The van der Waals surface area contributed by atoms with E-state index < -0.39 is 10.0 Å². The van der Waals surface area contributed by atoms with E-state index in [0.717, 1.165) is 0 Å². The number of benzene rings is 2. The lowest BCUT2D eigenvalue weighted by molar-refractivity contribution is 0.102. The largest absolute Gasteiger partial charge is 0.321 e. The lowest BCUT2D eigenvalue weighted by Gasteiger charge is -2.09. The number of aromatic nitrogens is 2. The zero-order chi connectivity index (χ0) is 18.6. The highest BCUT2D eigenvalue weighted by molar-refractivity contribution is 7.92. The van der Waals surface area contributed by atoms with Crippen molar-refractivity contribution in [3.05, 3.63) is 60.4 Å². The van der Waals surface area contributed by atoms with Crippen LogP contribution in [0.1, 0.15) is 23.8 Å². The molecule has 0 fully saturated rings. The number of rotatable bonds is 6. The van der Waals surface area contributed by atoms with Gasteiger partial charge in [-0.2, -0.15) is 0 Å². The topological polar surface area (TPSA) is 101 Å². The minimum Gasteiger partial charge on any atom is -0.321 e. The molecule has 1 aromatic heterocycles. The van der Waals surface area contributed by atoms with Crippen molar-refractivity contribution in [2.75, 3.05) is 15.8 Å². The molecule has 0 aliphatic heterocycles. The third kappa shape index (κ3) is 4.34. The van der Waals surface area contributed by atoms with Gasteiger partial charge in [0.05, 0.1) is 23.0 Å². The number of para-hydroxylation sites is 2. The standard InChI is InChI=1S/C18H18N4O3S/c1-2-11-26(24,25)22-14-9-7-13(8-10-14)20-18(23)17-12-19-15-5-3-4-6-16(15)21-17/h3-10,12,22H,2,11H2,1H3,(H,20,23). The number of hydrogen-bond acceptors (Lipinski definition) is 5. The summed E-state index contributed by atoms with van der Waals surface area (Å²) in [4.78, 5) is 20.8. The Morgan fingerprint density at radius 2 is 1.65 bits per heavy atom. The van der Waals surface area contributed by atoms with Gasteiger partial charge in [0.1, 0.15) is 5.69 Å². The summed E-state index contributed by atoms with van der Waals surface area (Å²) in [5.41, 5.74) is 2.54. The third-order valence-corrected chi connectivity index (χ3v) is 5.06. The molecular formula is C18H18N4O3S. The van der Waals surface area contributed by atoms with E-state index in [1.165, 1.54) is 6.20 Å². The van der Waals surface area contributed by atoms with Crippen LogP contribution in [-0.2, 0) is 10.0 Å². The summed E-state index contributed by atoms with van der Waals surface area (Å²) < 4.78 is 26.0. The van der Waals surface area contributed by atoms with Crippen LogP contribution in [0.5, 0.6) is 0 Å². The molecule has 0 spiro atoms. The number of nitrogens with one attached hydrogen (secondary N) is 2. The van der Waals surface area contributed by atoms with E-state index in [2.05, 4.69) is 20.0 Å². The van der Waals surface area contributed by atoms with E-state index in [-0.39, 0.29) is 17.4 Å². The molecule has 8 heteroatoms. The van der Waals surface area contributed by atoms with Crippen LogP contribution < -0.4 is 10.0 Å². The van der Waals surface area contributed by atoms with Gasteiger partial charge in [0, 0.05) is 11.4 Å². The van der Waals surface area contributed by atoms with Crippen molar-refractivity contribution in [3.8, 4) is 0 Å². The van der Waals surface area contributed by atoms with Crippen molar-refractivity contribution >= 4 is 38.3 Å². The van der Waals surface area contributed by atoms with Crippen LogP contribution in [0.3, 0.4) is 0 Å². The summed E-state index contributed by atoms with van der Waals surface area (Å²) >= 11 is 0. The van der Waals surface area contributed by atoms with E-state index in [1.54, 1.807) is 37.3 Å². The molecule has 3 aromatic rings. The Bertz CT molecular complexity index is 1030. The SMILES string of the molecule is CCCS(=O)(=O)Nc1ccc(NC(=O)c2cnc3ccccc3n2)cc1. The molecule has 0 aliphatic rings. The lowest BCUT2D eigenvalue weighted by atomic mass is 10.2. The maximum Gasteiger partial charge on any atom is 0.275 e. The van der Waals surface area contributed by atoms with Crippen LogP contribution in [0.25, 0.3) is 11.0 Å². The van der Waals surface area contributed by atoms with Gasteiger partial charge in [0.25, 0.3) is 5.91 Å². The number of sulfonamides is 1. The van der Waals surface area contributed by atoms with Gasteiger partial charge in [-0.25, -0.2) is 13.4 Å². The minimum absolute atomic E-state index is 0.0616. The van der Waals surface area contributed by atoms with Crippen molar-refractivity contribution < 1.29 is 13.2 Å². The Morgan fingerprint density at radius 1 is 1.00 bits per heavy atom. The first-order chi connectivity index (χ1) is 12.5. The van der Waals surface area contributed by atoms with Crippen molar-refractivity contribution in [2.24, 2.45) is 0 Å². The summed E-state index contributed by atoms with van der Waals surface area (Å²) in [7, 11) is -3.34. The molecule has 0 aliphatic carbocycles. The molecule has 0 atom stereocenters. The second kappa shape index (κ2) is 7.49. The highest BCUT2D eigenvalue weighted by Crippen LogP contribution is 2.16. The molecule has 7 nitrogen and oxygen atoms in total. The average Bonchev–Trinajstić information content (AvgIpc) is 2.62. The Kier molecular flexibility index (Phi) is 5.13. The van der Waals surface area contributed by atoms with E-state index in [0.29, 0.717) is 28.8 Å². The van der Waals surface area contributed by atoms with Crippen molar-refractivity contribution in [2.45, 2.75) is 13.3 Å². The van der Waals surface area contributed by atoms with Crippen molar-refractivity contribution in [1.82, 2.24) is 9.97 Å². The molecule has 0 unspecified atom stereocenters. The van der Waals surface area contributed by atoms with Gasteiger partial charge in [-0.05, 0) is 42.8 Å². The van der Waals surface area contributed by atoms with Gasteiger partial charge in [0.2, 0.25) is 10.0 Å². The number of amides is 1. The third-order valence-electron chi connectivity index (χ3n) is 3.57. The van der Waals surface area contributed by atoms with Crippen molar-refractivity contribution in [3.63, 3.8) is 0 Å². The summed E-state index contributed by atoms with van der Waals surface area (Å²) in [6.45, 7) is 1.80. The fraction of sp³-hybridized carbons (Fsp3) is 0.167. The molecule has 0 radical (unpaired) electrons. The summed E-state index contributed by atoms with van der Waals surface area (Å²) in [5, 5.41) is 2.72. The van der Waals surface area contributed by atoms with Gasteiger partial charge < -0.3 is 5.32 Å². The van der Waals surface area contributed by atoms with E-state index in [9.17, 15) is 13.2 Å². The molecule has 1 heterocycles. The molecule has 26 heavy (non-hydrogen) atoms.